The fourth-order valence-electron chi connectivity index (χ4n) is 2.01. The zero-order valence-electron chi connectivity index (χ0n) is 11.0. The standard InChI is InChI=1S/C12H17BrN6/c1-3-19-11(12(13)8(2)18-19)6-10(17-14)9-4-5-15-7-16-9/h4-5,7,10,17H,3,6,14H2,1-2H3. The van der Waals surface area contributed by atoms with Gasteiger partial charge in [0.25, 0.3) is 0 Å². The number of hydrazine groups is 1. The molecular weight excluding hydrogens is 308 g/mol. The van der Waals surface area contributed by atoms with Gasteiger partial charge in [0.1, 0.15) is 6.33 Å². The van der Waals surface area contributed by atoms with E-state index in [0.29, 0.717) is 6.42 Å². The molecule has 102 valence electrons. The number of nitrogens with two attached hydrogens (primary N) is 1. The molecule has 7 heteroatoms. The smallest absolute Gasteiger partial charge is 0.115 e. The number of halogens is 1. The van der Waals surface area contributed by atoms with Crippen LogP contribution in [-0.2, 0) is 13.0 Å². The maximum Gasteiger partial charge on any atom is 0.115 e. The average Bonchev–Trinajstić information content (AvgIpc) is 2.72. The molecule has 0 aromatic carbocycles. The molecule has 0 amide bonds. The van der Waals surface area contributed by atoms with E-state index in [9.17, 15) is 0 Å². The van der Waals surface area contributed by atoms with Crippen molar-refractivity contribution in [3.8, 4) is 0 Å². The first-order chi connectivity index (χ1) is 9.17. The van der Waals surface area contributed by atoms with Crippen molar-refractivity contribution in [1.82, 2.24) is 25.2 Å². The van der Waals surface area contributed by atoms with E-state index in [1.54, 1.807) is 6.20 Å². The zero-order valence-corrected chi connectivity index (χ0v) is 12.6. The highest BCUT2D eigenvalue weighted by Crippen LogP contribution is 2.25. The Hall–Kier alpha value is -1.31. The number of aryl methyl sites for hydroxylation is 2. The van der Waals surface area contributed by atoms with Gasteiger partial charge in [0.15, 0.2) is 0 Å². The molecule has 0 radical (unpaired) electrons. The van der Waals surface area contributed by atoms with E-state index < -0.39 is 0 Å². The van der Waals surface area contributed by atoms with Crippen LogP contribution in [0.4, 0.5) is 0 Å². The van der Waals surface area contributed by atoms with E-state index in [2.05, 4.69) is 43.3 Å². The molecule has 2 heterocycles. The normalized spacial score (nSPS) is 12.6. The van der Waals surface area contributed by atoms with Crippen LogP contribution < -0.4 is 11.3 Å². The topological polar surface area (TPSA) is 81.7 Å². The van der Waals surface area contributed by atoms with Crippen molar-refractivity contribution < 1.29 is 0 Å². The van der Waals surface area contributed by atoms with E-state index in [-0.39, 0.29) is 6.04 Å². The summed E-state index contributed by atoms with van der Waals surface area (Å²) in [5, 5.41) is 4.48. The summed E-state index contributed by atoms with van der Waals surface area (Å²) in [6.45, 7) is 4.87. The summed E-state index contributed by atoms with van der Waals surface area (Å²) < 4.78 is 3.01. The molecular formula is C12H17BrN6. The van der Waals surface area contributed by atoms with Gasteiger partial charge < -0.3 is 0 Å². The number of aromatic nitrogens is 4. The van der Waals surface area contributed by atoms with E-state index in [0.717, 1.165) is 28.1 Å². The number of nitrogens with one attached hydrogen (secondary N) is 1. The molecule has 0 fully saturated rings. The van der Waals surface area contributed by atoms with E-state index in [1.807, 2.05) is 17.7 Å². The van der Waals surface area contributed by atoms with Crippen molar-refractivity contribution in [1.29, 1.82) is 0 Å². The predicted octanol–water partition coefficient (Wildman–Crippen LogP) is 1.51. The summed E-state index contributed by atoms with van der Waals surface area (Å²) in [6.07, 6.45) is 3.95. The van der Waals surface area contributed by atoms with Gasteiger partial charge in [-0.2, -0.15) is 5.10 Å². The monoisotopic (exact) mass is 324 g/mol. The third-order valence-electron chi connectivity index (χ3n) is 3.01. The van der Waals surface area contributed by atoms with Crippen molar-refractivity contribution in [3.05, 3.63) is 40.1 Å². The van der Waals surface area contributed by atoms with Crippen LogP contribution >= 0.6 is 15.9 Å². The van der Waals surface area contributed by atoms with Crippen molar-refractivity contribution in [2.24, 2.45) is 5.84 Å². The Kier molecular flexibility index (Phi) is 4.62. The highest BCUT2D eigenvalue weighted by Gasteiger charge is 2.18. The Balaban J connectivity index is 2.29. The SMILES string of the molecule is CCn1nc(C)c(Br)c1CC(NN)c1ccncn1. The Morgan fingerprint density at radius 3 is 2.89 bits per heavy atom. The summed E-state index contributed by atoms with van der Waals surface area (Å²) in [7, 11) is 0. The quantitative estimate of drug-likeness (QED) is 0.643. The van der Waals surface area contributed by atoms with Gasteiger partial charge in [0.2, 0.25) is 0 Å². The second-order valence-electron chi connectivity index (χ2n) is 4.22. The van der Waals surface area contributed by atoms with Crippen LogP contribution in [0.15, 0.2) is 23.1 Å². The third kappa shape index (κ3) is 2.99. The number of rotatable bonds is 5. The van der Waals surface area contributed by atoms with E-state index in [4.69, 9.17) is 5.84 Å². The largest absolute Gasteiger partial charge is 0.271 e. The van der Waals surface area contributed by atoms with Gasteiger partial charge in [-0.3, -0.25) is 16.0 Å². The van der Waals surface area contributed by atoms with Crippen LogP contribution in [0.1, 0.15) is 30.0 Å². The third-order valence-corrected chi connectivity index (χ3v) is 4.04. The molecule has 0 aliphatic carbocycles. The lowest BCUT2D eigenvalue weighted by Gasteiger charge is -2.16. The molecule has 0 aliphatic rings. The highest BCUT2D eigenvalue weighted by atomic mass is 79.9. The minimum atomic E-state index is -0.0688. The Labute approximate surface area is 120 Å². The van der Waals surface area contributed by atoms with Crippen molar-refractivity contribution in [2.45, 2.75) is 32.9 Å². The molecule has 19 heavy (non-hydrogen) atoms. The Morgan fingerprint density at radius 2 is 2.32 bits per heavy atom. The highest BCUT2D eigenvalue weighted by molar-refractivity contribution is 9.10. The summed E-state index contributed by atoms with van der Waals surface area (Å²) in [5.41, 5.74) is 5.76. The number of hydrogen-bond donors (Lipinski definition) is 2. The van der Waals surface area contributed by atoms with Gasteiger partial charge in [-0.1, -0.05) is 0 Å². The lowest BCUT2D eigenvalue weighted by molar-refractivity contribution is 0.505. The molecule has 0 spiro atoms. The summed E-state index contributed by atoms with van der Waals surface area (Å²) in [5.74, 6) is 5.65. The Bertz CT molecular complexity index is 539. The zero-order chi connectivity index (χ0) is 13.8. The lowest BCUT2D eigenvalue weighted by atomic mass is 10.1. The summed E-state index contributed by atoms with van der Waals surface area (Å²) in [4.78, 5) is 8.16. The van der Waals surface area contributed by atoms with Crippen LogP contribution in [-0.4, -0.2) is 19.7 Å². The molecule has 6 nitrogen and oxygen atoms in total. The second-order valence-corrected chi connectivity index (χ2v) is 5.01. The fourth-order valence-corrected chi connectivity index (χ4v) is 2.46. The molecule has 0 saturated heterocycles. The molecule has 0 saturated carbocycles. The van der Waals surface area contributed by atoms with Gasteiger partial charge in [0, 0.05) is 19.2 Å². The lowest BCUT2D eigenvalue weighted by Crippen LogP contribution is -2.31. The van der Waals surface area contributed by atoms with Crippen LogP contribution in [0.5, 0.6) is 0 Å². The van der Waals surface area contributed by atoms with Gasteiger partial charge in [-0.25, -0.2) is 9.97 Å². The molecule has 0 bridgehead atoms. The van der Waals surface area contributed by atoms with Gasteiger partial charge in [-0.15, -0.1) is 0 Å². The van der Waals surface area contributed by atoms with Crippen LogP contribution in [0.3, 0.4) is 0 Å². The van der Waals surface area contributed by atoms with Gasteiger partial charge in [-0.05, 0) is 35.8 Å². The second kappa shape index (κ2) is 6.23. The van der Waals surface area contributed by atoms with Crippen molar-refractivity contribution in [2.75, 3.05) is 0 Å². The number of hydrogen-bond acceptors (Lipinski definition) is 5. The van der Waals surface area contributed by atoms with E-state index >= 15 is 0 Å². The first-order valence-electron chi connectivity index (χ1n) is 6.11. The molecule has 3 N–H and O–H groups in total. The van der Waals surface area contributed by atoms with Crippen LogP contribution in [0.25, 0.3) is 0 Å². The van der Waals surface area contributed by atoms with Crippen molar-refractivity contribution >= 4 is 15.9 Å². The van der Waals surface area contributed by atoms with Gasteiger partial charge >= 0.3 is 0 Å². The molecule has 1 atom stereocenters. The average molecular weight is 325 g/mol. The molecule has 2 rings (SSSR count). The maximum absolute atomic E-state index is 5.65. The Morgan fingerprint density at radius 1 is 1.53 bits per heavy atom. The van der Waals surface area contributed by atoms with E-state index in [1.165, 1.54) is 6.33 Å². The summed E-state index contributed by atoms with van der Waals surface area (Å²) >= 11 is 3.59. The van der Waals surface area contributed by atoms with Crippen LogP contribution in [0.2, 0.25) is 0 Å². The minimum absolute atomic E-state index is 0.0688. The molecule has 2 aromatic heterocycles. The van der Waals surface area contributed by atoms with Crippen LogP contribution in [0, 0.1) is 6.92 Å². The minimum Gasteiger partial charge on any atom is -0.271 e. The number of nitrogens with zero attached hydrogens (tertiary/aromatic N) is 4. The predicted molar refractivity (Wildman–Crippen MR) is 76.1 cm³/mol. The molecule has 1 unspecified atom stereocenters. The van der Waals surface area contributed by atoms with Gasteiger partial charge in [0.05, 0.1) is 27.6 Å². The first kappa shape index (κ1) is 14.1. The first-order valence-corrected chi connectivity index (χ1v) is 6.90. The maximum atomic E-state index is 5.65. The molecule has 0 aliphatic heterocycles. The summed E-state index contributed by atoms with van der Waals surface area (Å²) in [6, 6.07) is 1.79. The van der Waals surface area contributed by atoms with Crippen molar-refractivity contribution in [3.63, 3.8) is 0 Å². The fraction of sp³-hybridized carbons (Fsp3) is 0.417. The molecule has 2 aromatic rings.